The van der Waals surface area contributed by atoms with Gasteiger partial charge in [-0.15, -0.1) is 11.8 Å². The first-order valence-corrected chi connectivity index (χ1v) is 9.78. The molecule has 5 heteroatoms. The van der Waals surface area contributed by atoms with Crippen LogP contribution in [0, 0.1) is 13.8 Å². The van der Waals surface area contributed by atoms with E-state index < -0.39 is 5.97 Å². The molecular weight excluding hydrogens is 320 g/mol. The quantitative estimate of drug-likeness (QED) is 0.765. The normalized spacial score (nSPS) is 19.4. The molecule has 0 radical (unpaired) electrons. The number of carbonyl (C=O) groups is 1. The number of aryl methyl sites for hydroxylation is 2. The zero-order chi connectivity index (χ0) is 17.5. The Morgan fingerprint density at radius 1 is 1.29 bits per heavy atom. The summed E-state index contributed by atoms with van der Waals surface area (Å²) in [6.07, 6.45) is 3.32. The van der Waals surface area contributed by atoms with Gasteiger partial charge in [0, 0.05) is 23.2 Å². The molecule has 1 saturated heterocycles. The highest BCUT2D eigenvalue weighted by atomic mass is 32.2. The highest BCUT2D eigenvalue weighted by Crippen LogP contribution is 2.22. The van der Waals surface area contributed by atoms with E-state index in [0.717, 1.165) is 44.6 Å². The van der Waals surface area contributed by atoms with Crippen LogP contribution in [-0.4, -0.2) is 65.9 Å². The second kappa shape index (κ2) is 9.44. The lowest BCUT2D eigenvalue weighted by Crippen LogP contribution is -2.36. The van der Waals surface area contributed by atoms with E-state index in [0.29, 0.717) is 6.04 Å². The van der Waals surface area contributed by atoms with Gasteiger partial charge in [0.1, 0.15) is 0 Å². The van der Waals surface area contributed by atoms with Gasteiger partial charge in [0.05, 0.1) is 6.54 Å². The minimum Gasteiger partial charge on any atom is -0.480 e. The molecule has 1 heterocycles. The van der Waals surface area contributed by atoms with Crippen molar-refractivity contribution in [3.8, 4) is 0 Å². The van der Waals surface area contributed by atoms with Crippen LogP contribution in [0.1, 0.15) is 30.4 Å². The third kappa shape index (κ3) is 6.11. The Labute approximate surface area is 150 Å². The summed E-state index contributed by atoms with van der Waals surface area (Å²) in [4.78, 5) is 16.7. The molecule has 1 fully saturated rings. The standard InChI is InChI=1S/C19H30N2O2S/c1-15-6-7-18(13-16(15)2)24-12-11-21-9-4-5-17(8-10-21)20(3)14-19(22)23/h6-7,13,17H,4-5,8-12,14H2,1-3H3,(H,22,23). The van der Waals surface area contributed by atoms with Crippen molar-refractivity contribution in [2.45, 2.75) is 44.0 Å². The number of rotatable bonds is 7. The third-order valence-corrected chi connectivity index (χ3v) is 5.93. The Bertz CT molecular complexity index is 550. The molecule has 24 heavy (non-hydrogen) atoms. The monoisotopic (exact) mass is 350 g/mol. The van der Waals surface area contributed by atoms with Gasteiger partial charge in [-0.2, -0.15) is 0 Å². The van der Waals surface area contributed by atoms with E-state index in [1.165, 1.54) is 16.0 Å². The average Bonchev–Trinajstić information content (AvgIpc) is 2.76. The van der Waals surface area contributed by atoms with E-state index in [1.807, 2.05) is 23.7 Å². The van der Waals surface area contributed by atoms with Crippen LogP contribution in [0.4, 0.5) is 0 Å². The van der Waals surface area contributed by atoms with Crippen molar-refractivity contribution in [1.82, 2.24) is 9.80 Å². The number of nitrogens with zero attached hydrogens (tertiary/aromatic N) is 2. The van der Waals surface area contributed by atoms with Crippen LogP contribution < -0.4 is 0 Å². The highest BCUT2D eigenvalue weighted by Gasteiger charge is 2.21. The molecule has 1 aliphatic heterocycles. The Balaban J connectivity index is 1.74. The number of aliphatic carboxylic acids is 1. The third-order valence-electron chi connectivity index (χ3n) is 4.95. The first-order valence-electron chi connectivity index (χ1n) is 8.80. The molecule has 0 aliphatic carbocycles. The van der Waals surface area contributed by atoms with Crippen LogP contribution in [-0.2, 0) is 4.79 Å². The summed E-state index contributed by atoms with van der Waals surface area (Å²) in [7, 11) is 1.93. The lowest BCUT2D eigenvalue weighted by atomic mass is 10.1. The molecule has 1 unspecified atom stereocenters. The van der Waals surface area contributed by atoms with Gasteiger partial charge in [-0.05, 0) is 76.5 Å². The molecular formula is C19H30N2O2S. The fourth-order valence-corrected chi connectivity index (χ4v) is 4.25. The lowest BCUT2D eigenvalue weighted by molar-refractivity contribution is -0.138. The molecule has 1 N–H and O–H groups in total. The Morgan fingerprint density at radius 2 is 2.08 bits per heavy atom. The SMILES string of the molecule is Cc1ccc(SCCN2CCCC(N(C)CC(=O)O)CC2)cc1C. The molecule has 134 valence electrons. The predicted molar refractivity (Wildman–Crippen MR) is 101 cm³/mol. The minimum atomic E-state index is -0.733. The van der Waals surface area contributed by atoms with Gasteiger partial charge in [0.25, 0.3) is 0 Å². The largest absolute Gasteiger partial charge is 0.480 e. The van der Waals surface area contributed by atoms with Gasteiger partial charge < -0.3 is 10.0 Å². The molecule has 0 spiro atoms. The number of carboxylic acid groups (broad SMARTS) is 1. The van der Waals surface area contributed by atoms with E-state index >= 15 is 0 Å². The first kappa shape index (κ1) is 19.3. The van der Waals surface area contributed by atoms with E-state index in [9.17, 15) is 4.79 Å². The first-order chi connectivity index (χ1) is 11.5. The van der Waals surface area contributed by atoms with Crippen molar-refractivity contribution in [3.05, 3.63) is 29.3 Å². The zero-order valence-electron chi connectivity index (χ0n) is 15.1. The highest BCUT2D eigenvalue weighted by molar-refractivity contribution is 7.99. The fraction of sp³-hybridized carbons (Fsp3) is 0.632. The van der Waals surface area contributed by atoms with Crippen LogP contribution in [0.2, 0.25) is 0 Å². The summed E-state index contributed by atoms with van der Waals surface area (Å²) < 4.78 is 0. The summed E-state index contributed by atoms with van der Waals surface area (Å²) in [5, 5.41) is 8.94. The van der Waals surface area contributed by atoms with Crippen molar-refractivity contribution in [1.29, 1.82) is 0 Å². The maximum Gasteiger partial charge on any atom is 0.317 e. The number of hydrogen-bond donors (Lipinski definition) is 1. The molecule has 0 bridgehead atoms. The van der Waals surface area contributed by atoms with Gasteiger partial charge >= 0.3 is 5.97 Å². The minimum absolute atomic E-state index is 0.146. The molecule has 1 aliphatic rings. The summed E-state index contributed by atoms with van der Waals surface area (Å²) in [5.41, 5.74) is 2.71. The van der Waals surface area contributed by atoms with Crippen LogP contribution >= 0.6 is 11.8 Å². The maximum absolute atomic E-state index is 10.9. The smallest absolute Gasteiger partial charge is 0.317 e. The number of carboxylic acids is 1. The summed E-state index contributed by atoms with van der Waals surface area (Å²) >= 11 is 1.93. The molecule has 1 aromatic carbocycles. The number of hydrogen-bond acceptors (Lipinski definition) is 4. The molecule has 0 aromatic heterocycles. The molecule has 1 atom stereocenters. The molecule has 0 saturated carbocycles. The maximum atomic E-state index is 10.9. The second-order valence-corrected chi connectivity index (χ2v) is 8.00. The van der Waals surface area contributed by atoms with Crippen LogP contribution in [0.15, 0.2) is 23.1 Å². The van der Waals surface area contributed by atoms with Gasteiger partial charge in [-0.1, -0.05) is 6.07 Å². The number of thioether (sulfide) groups is 1. The number of likely N-dealkylation sites (N-methyl/N-ethyl adjacent to an activating group) is 1. The Hall–Kier alpha value is -1.04. The van der Waals surface area contributed by atoms with E-state index in [1.54, 1.807) is 0 Å². The predicted octanol–water partition coefficient (Wildman–Crippen LogP) is 3.27. The van der Waals surface area contributed by atoms with Crippen molar-refractivity contribution < 1.29 is 9.90 Å². The Kier molecular flexibility index (Phi) is 7.59. The van der Waals surface area contributed by atoms with Gasteiger partial charge in [-0.3, -0.25) is 9.69 Å². The number of likely N-dealkylation sites (tertiary alicyclic amines) is 1. The fourth-order valence-electron chi connectivity index (χ4n) is 3.24. The number of benzene rings is 1. The van der Waals surface area contributed by atoms with Gasteiger partial charge in [-0.25, -0.2) is 0 Å². The van der Waals surface area contributed by atoms with E-state index in [2.05, 4.69) is 36.9 Å². The van der Waals surface area contributed by atoms with Crippen LogP contribution in [0.25, 0.3) is 0 Å². The van der Waals surface area contributed by atoms with Crippen molar-refractivity contribution in [2.24, 2.45) is 0 Å². The van der Waals surface area contributed by atoms with E-state index in [-0.39, 0.29) is 6.54 Å². The second-order valence-electron chi connectivity index (χ2n) is 6.83. The molecule has 1 aromatic rings. The van der Waals surface area contributed by atoms with Crippen molar-refractivity contribution in [3.63, 3.8) is 0 Å². The van der Waals surface area contributed by atoms with Crippen LogP contribution in [0.5, 0.6) is 0 Å². The van der Waals surface area contributed by atoms with Crippen molar-refractivity contribution in [2.75, 3.05) is 39.0 Å². The van der Waals surface area contributed by atoms with Gasteiger partial charge in [0.15, 0.2) is 0 Å². The van der Waals surface area contributed by atoms with Gasteiger partial charge in [0.2, 0.25) is 0 Å². The zero-order valence-corrected chi connectivity index (χ0v) is 15.9. The average molecular weight is 351 g/mol. The lowest BCUT2D eigenvalue weighted by Gasteiger charge is -2.25. The molecule has 2 rings (SSSR count). The van der Waals surface area contributed by atoms with E-state index in [4.69, 9.17) is 5.11 Å². The summed E-state index contributed by atoms with van der Waals surface area (Å²) in [6, 6.07) is 7.09. The van der Waals surface area contributed by atoms with Crippen molar-refractivity contribution >= 4 is 17.7 Å². The summed E-state index contributed by atoms with van der Waals surface area (Å²) in [5.74, 6) is 0.376. The van der Waals surface area contributed by atoms with Crippen LogP contribution in [0.3, 0.4) is 0 Å². The Morgan fingerprint density at radius 3 is 2.79 bits per heavy atom. The molecule has 0 amide bonds. The topological polar surface area (TPSA) is 43.8 Å². The summed E-state index contributed by atoms with van der Waals surface area (Å²) in [6.45, 7) is 7.77. The molecule has 4 nitrogen and oxygen atoms in total.